The Morgan fingerprint density at radius 2 is 2.10 bits per heavy atom. The van der Waals surface area contributed by atoms with E-state index in [0.717, 1.165) is 30.9 Å². The Balaban J connectivity index is 2.83. The standard InChI is InChI=1S/C15H26N4O/c1-6-7-13-8-12(9-14(16-3)18-13)15(20)17-11(2)10-19(4)5/h8-9,11H,6-7,10H2,1-5H3,(H,16,18)(H,17,20). The van der Waals surface area contributed by atoms with E-state index < -0.39 is 0 Å². The fourth-order valence-corrected chi connectivity index (χ4v) is 2.13. The lowest BCUT2D eigenvalue weighted by Gasteiger charge is -2.18. The molecule has 0 saturated heterocycles. The molecule has 1 aromatic heterocycles. The van der Waals surface area contributed by atoms with Crippen molar-refractivity contribution in [2.75, 3.05) is 33.0 Å². The van der Waals surface area contributed by atoms with Gasteiger partial charge < -0.3 is 15.5 Å². The Hall–Kier alpha value is -1.62. The zero-order valence-electron chi connectivity index (χ0n) is 13.2. The van der Waals surface area contributed by atoms with Crippen LogP contribution in [0.5, 0.6) is 0 Å². The molecule has 0 aliphatic carbocycles. The Morgan fingerprint density at radius 3 is 2.65 bits per heavy atom. The van der Waals surface area contributed by atoms with Crippen molar-refractivity contribution in [3.05, 3.63) is 23.4 Å². The average Bonchev–Trinajstić information content (AvgIpc) is 2.37. The number of nitrogens with one attached hydrogen (secondary N) is 2. The molecular weight excluding hydrogens is 252 g/mol. The maximum atomic E-state index is 12.3. The molecule has 0 bridgehead atoms. The third kappa shape index (κ3) is 5.17. The van der Waals surface area contributed by atoms with Gasteiger partial charge in [-0.25, -0.2) is 4.98 Å². The molecule has 1 amide bonds. The second-order valence-corrected chi connectivity index (χ2v) is 5.37. The monoisotopic (exact) mass is 278 g/mol. The molecule has 20 heavy (non-hydrogen) atoms. The lowest BCUT2D eigenvalue weighted by molar-refractivity contribution is 0.0934. The van der Waals surface area contributed by atoms with Crippen LogP contribution in [0.1, 0.15) is 36.3 Å². The Morgan fingerprint density at radius 1 is 1.40 bits per heavy atom. The zero-order chi connectivity index (χ0) is 15.1. The minimum Gasteiger partial charge on any atom is -0.373 e. The van der Waals surface area contributed by atoms with Crippen LogP contribution in [0.2, 0.25) is 0 Å². The number of amides is 1. The van der Waals surface area contributed by atoms with Crippen LogP contribution in [0.4, 0.5) is 5.82 Å². The predicted molar refractivity (Wildman–Crippen MR) is 83.3 cm³/mol. The van der Waals surface area contributed by atoms with Crippen molar-refractivity contribution >= 4 is 11.7 Å². The summed E-state index contributed by atoms with van der Waals surface area (Å²) in [4.78, 5) is 18.8. The van der Waals surface area contributed by atoms with Crippen LogP contribution in [-0.2, 0) is 6.42 Å². The van der Waals surface area contributed by atoms with Gasteiger partial charge in [-0.3, -0.25) is 4.79 Å². The van der Waals surface area contributed by atoms with Gasteiger partial charge in [0.15, 0.2) is 0 Å². The quantitative estimate of drug-likeness (QED) is 0.798. The summed E-state index contributed by atoms with van der Waals surface area (Å²) in [5.74, 6) is 0.692. The highest BCUT2D eigenvalue weighted by atomic mass is 16.1. The van der Waals surface area contributed by atoms with Crippen LogP contribution < -0.4 is 10.6 Å². The number of carbonyl (C=O) groups is 1. The fourth-order valence-electron chi connectivity index (χ4n) is 2.13. The summed E-state index contributed by atoms with van der Waals surface area (Å²) in [5, 5.41) is 6.02. The number of hydrogen-bond donors (Lipinski definition) is 2. The normalized spacial score (nSPS) is 12.3. The number of aromatic nitrogens is 1. The first kappa shape index (κ1) is 16.4. The van der Waals surface area contributed by atoms with Gasteiger partial charge in [-0.1, -0.05) is 13.3 Å². The molecular formula is C15H26N4O. The highest BCUT2D eigenvalue weighted by Crippen LogP contribution is 2.12. The van der Waals surface area contributed by atoms with E-state index in [0.29, 0.717) is 5.56 Å². The van der Waals surface area contributed by atoms with E-state index in [1.54, 1.807) is 6.07 Å². The van der Waals surface area contributed by atoms with Gasteiger partial charge in [0.25, 0.3) is 5.91 Å². The number of nitrogens with zero attached hydrogens (tertiary/aromatic N) is 2. The maximum Gasteiger partial charge on any atom is 0.251 e. The van der Waals surface area contributed by atoms with E-state index in [9.17, 15) is 4.79 Å². The molecule has 5 nitrogen and oxygen atoms in total. The average molecular weight is 278 g/mol. The third-order valence-electron chi connectivity index (χ3n) is 2.92. The lowest BCUT2D eigenvalue weighted by atomic mass is 10.1. The number of carbonyl (C=O) groups excluding carboxylic acids is 1. The van der Waals surface area contributed by atoms with Gasteiger partial charge in [0.1, 0.15) is 5.82 Å². The largest absolute Gasteiger partial charge is 0.373 e. The van der Waals surface area contributed by atoms with Crippen LogP contribution in [0.3, 0.4) is 0 Å². The van der Waals surface area contributed by atoms with Gasteiger partial charge in [-0.15, -0.1) is 0 Å². The highest BCUT2D eigenvalue weighted by Gasteiger charge is 2.12. The van der Waals surface area contributed by atoms with E-state index in [1.165, 1.54) is 0 Å². The molecule has 1 unspecified atom stereocenters. The first-order chi connectivity index (χ1) is 9.46. The molecule has 0 radical (unpaired) electrons. The first-order valence-corrected chi connectivity index (χ1v) is 7.10. The zero-order valence-corrected chi connectivity index (χ0v) is 13.2. The second kappa shape index (κ2) is 7.85. The van der Waals surface area contributed by atoms with Crippen molar-refractivity contribution in [2.24, 2.45) is 0 Å². The third-order valence-corrected chi connectivity index (χ3v) is 2.92. The van der Waals surface area contributed by atoms with E-state index in [1.807, 2.05) is 34.1 Å². The Bertz CT molecular complexity index is 445. The molecule has 0 aliphatic heterocycles. The van der Waals surface area contributed by atoms with E-state index in [2.05, 4.69) is 27.4 Å². The molecule has 0 fully saturated rings. The van der Waals surface area contributed by atoms with Crippen LogP contribution >= 0.6 is 0 Å². The number of hydrogen-bond acceptors (Lipinski definition) is 4. The van der Waals surface area contributed by atoms with Gasteiger partial charge in [0, 0.05) is 30.9 Å². The maximum absolute atomic E-state index is 12.3. The lowest BCUT2D eigenvalue weighted by Crippen LogP contribution is -2.39. The van der Waals surface area contributed by atoms with Crippen molar-refractivity contribution in [1.29, 1.82) is 0 Å². The molecule has 0 aliphatic rings. The number of anilines is 1. The summed E-state index contributed by atoms with van der Waals surface area (Å²) in [6.45, 7) is 4.93. The summed E-state index contributed by atoms with van der Waals surface area (Å²) in [6.07, 6.45) is 1.89. The van der Waals surface area contributed by atoms with Crippen LogP contribution in [0, 0.1) is 0 Å². The fraction of sp³-hybridized carbons (Fsp3) is 0.600. The molecule has 1 heterocycles. The van der Waals surface area contributed by atoms with E-state index in [4.69, 9.17) is 0 Å². The number of aryl methyl sites for hydroxylation is 1. The Labute approximate surface area is 121 Å². The number of rotatable bonds is 7. The van der Waals surface area contributed by atoms with Gasteiger partial charge >= 0.3 is 0 Å². The Kier molecular flexibility index (Phi) is 6.45. The summed E-state index contributed by atoms with van der Waals surface area (Å²) < 4.78 is 0. The summed E-state index contributed by atoms with van der Waals surface area (Å²) in [6, 6.07) is 3.78. The van der Waals surface area contributed by atoms with Crippen molar-refractivity contribution < 1.29 is 4.79 Å². The van der Waals surface area contributed by atoms with Crippen LogP contribution in [0.25, 0.3) is 0 Å². The van der Waals surface area contributed by atoms with Gasteiger partial charge in [-0.2, -0.15) is 0 Å². The highest BCUT2D eigenvalue weighted by molar-refractivity contribution is 5.95. The second-order valence-electron chi connectivity index (χ2n) is 5.37. The molecule has 0 aromatic carbocycles. The molecule has 5 heteroatoms. The van der Waals surface area contributed by atoms with E-state index >= 15 is 0 Å². The molecule has 0 saturated carbocycles. The topological polar surface area (TPSA) is 57.3 Å². The number of likely N-dealkylation sites (N-methyl/N-ethyl adjacent to an activating group) is 1. The van der Waals surface area contributed by atoms with Crippen LogP contribution in [0.15, 0.2) is 12.1 Å². The van der Waals surface area contributed by atoms with Gasteiger partial charge in [-0.05, 0) is 39.6 Å². The number of pyridine rings is 1. The first-order valence-electron chi connectivity index (χ1n) is 7.10. The molecule has 0 spiro atoms. The van der Waals surface area contributed by atoms with Gasteiger partial charge in [0.05, 0.1) is 0 Å². The summed E-state index contributed by atoms with van der Waals surface area (Å²) in [5.41, 5.74) is 1.61. The van der Waals surface area contributed by atoms with Crippen molar-refractivity contribution in [3.63, 3.8) is 0 Å². The molecule has 1 aromatic rings. The summed E-state index contributed by atoms with van der Waals surface area (Å²) >= 11 is 0. The molecule has 112 valence electrons. The summed E-state index contributed by atoms with van der Waals surface area (Å²) in [7, 11) is 5.80. The predicted octanol–water partition coefficient (Wildman–Crippen LogP) is 1.76. The SMILES string of the molecule is CCCc1cc(C(=O)NC(C)CN(C)C)cc(NC)n1. The molecule has 1 rings (SSSR count). The molecule has 2 N–H and O–H groups in total. The van der Waals surface area contributed by atoms with Crippen LogP contribution in [-0.4, -0.2) is 49.5 Å². The van der Waals surface area contributed by atoms with Crippen molar-refractivity contribution in [2.45, 2.75) is 32.7 Å². The van der Waals surface area contributed by atoms with Crippen molar-refractivity contribution in [3.8, 4) is 0 Å². The minimum absolute atomic E-state index is 0.0457. The smallest absolute Gasteiger partial charge is 0.251 e. The van der Waals surface area contributed by atoms with Crippen molar-refractivity contribution in [1.82, 2.24) is 15.2 Å². The molecule has 1 atom stereocenters. The van der Waals surface area contributed by atoms with Gasteiger partial charge in [0.2, 0.25) is 0 Å². The minimum atomic E-state index is -0.0457. The van der Waals surface area contributed by atoms with E-state index in [-0.39, 0.29) is 11.9 Å².